The topological polar surface area (TPSA) is 85.5 Å². The zero-order chi connectivity index (χ0) is 14.4. The average molecular weight is 298 g/mol. The highest BCUT2D eigenvalue weighted by Crippen LogP contribution is 2.24. The number of ether oxygens (including phenoxy) is 1. The van der Waals surface area contributed by atoms with Crippen LogP contribution in [-0.2, 0) is 21.9 Å². The third-order valence-corrected chi connectivity index (χ3v) is 3.20. The van der Waals surface area contributed by atoms with Gasteiger partial charge in [-0.3, -0.25) is 0 Å². The summed E-state index contributed by atoms with van der Waals surface area (Å²) in [5.74, 6) is -0.433. The van der Waals surface area contributed by atoms with Crippen molar-refractivity contribution >= 4 is 17.7 Å². The Labute approximate surface area is 117 Å². The van der Waals surface area contributed by atoms with Gasteiger partial charge >= 0.3 is 5.97 Å². The van der Waals surface area contributed by atoms with E-state index in [4.69, 9.17) is 14.4 Å². The van der Waals surface area contributed by atoms with E-state index >= 15 is 0 Å². The van der Waals surface area contributed by atoms with Gasteiger partial charge in [-0.25, -0.2) is 9.18 Å². The smallest absolute Gasteiger partial charge is 0.329 e. The highest BCUT2D eigenvalue weighted by Gasteiger charge is 2.09. The second-order valence-electron chi connectivity index (χ2n) is 3.71. The first-order valence-electron chi connectivity index (χ1n) is 5.63. The van der Waals surface area contributed by atoms with Gasteiger partial charge in [0.2, 0.25) is 0 Å². The van der Waals surface area contributed by atoms with Crippen LogP contribution in [0.5, 0.6) is 0 Å². The van der Waals surface area contributed by atoms with Crippen LogP contribution >= 0.6 is 11.8 Å². The summed E-state index contributed by atoms with van der Waals surface area (Å²) >= 11 is 1.25. The van der Waals surface area contributed by atoms with E-state index in [2.05, 4.69) is 10.1 Å². The molecule has 0 aliphatic carbocycles. The summed E-state index contributed by atoms with van der Waals surface area (Å²) in [7, 11) is 0. The molecule has 8 heteroatoms. The molecule has 0 saturated heterocycles. The number of nitrogens with zero attached hydrogens (tertiary/aromatic N) is 2. The number of hydrogen-bond acceptors (Lipinski definition) is 6. The van der Waals surface area contributed by atoms with E-state index in [0.29, 0.717) is 16.5 Å². The van der Waals surface area contributed by atoms with Crippen LogP contribution in [0.25, 0.3) is 0 Å². The van der Waals surface area contributed by atoms with Crippen molar-refractivity contribution in [3.8, 4) is 0 Å². The monoisotopic (exact) mass is 298 g/mol. The number of hydrogen-bond donors (Lipinski definition) is 1. The number of halogens is 1. The maximum Gasteiger partial charge on any atom is 0.329 e. The highest BCUT2D eigenvalue weighted by molar-refractivity contribution is 7.98. The lowest BCUT2D eigenvalue weighted by atomic mass is 10.3. The lowest BCUT2D eigenvalue weighted by Crippen LogP contribution is -2.06. The number of aliphatic carboxylic acids is 1. The maximum absolute atomic E-state index is 13.4. The van der Waals surface area contributed by atoms with E-state index < -0.39 is 12.6 Å². The summed E-state index contributed by atoms with van der Waals surface area (Å²) in [5, 5.41) is 12.1. The normalized spacial score (nSPS) is 10.7. The Kier molecular flexibility index (Phi) is 5.08. The van der Waals surface area contributed by atoms with Crippen LogP contribution in [0.1, 0.15) is 11.7 Å². The van der Waals surface area contributed by atoms with Crippen molar-refractivity contribution in [3.05, 3.63) is 41.8 Å². The van der Waals surface area contributed by atoms with E-state index in [1.807, 2.05) is 0 Å². The Balaban J connectivity index is 1.84. The first-order chi connectivity index (χ1) is 9.65. The number of carboxylic acids is 1. The zero-order valence-electron chi connectivity index (χ0n) is 10.3. The van der Waals surface area contributed by atoms with Gasteiger partial charge in [-0.1, -0.05) is 17.3 Å². The first-order valence-corrected chi connectivity index (χ1v) is 6.62. The van der Waals surface area contributed by atoms with E-state index in [0.717, 1.165) is 0 Å². The van der Waals surface area contributed by atoms with Gasteiger partial charge in [-0.2, -0.15) is 4.98 Å². The molecule has 0 bridgehead atoms. The number of benzene rings is 1. The molecule has 0 amide bonds. The quantitative estimate of drug-likeness (QED) is 0.783. The molecule has 0 aliphatic heterocycles. The highest BCUT2D eigenvalue weighted by atomic mass is 32.2. The Bertz CT molecular complexity index is 590. The zero-order valence-corrected chi connectivity index (χ0v) is 11.1. The molecule has 0 saturated carbocycles. The molecule has 0 fully saturated rings. The Morgan fingerprint density at radius 3 is 3.00 bits per heavy atom. The molecule has 0 aliphatic rings. The lowest BCUT2D eigenvalue weighted by Gasteiger charge is -1.99. The van der Waals surface area contributed by atoms with Crippen molar-refractivity contribution < 1.29 is 23.6 Å². The summed E-state index contributed by atoms with van der Waals surface area (Å²) in [5.41, 5.74) is 0. The molecular formula is C12H11FN2O4S. The van der Waals surface area contributed by atoms with Gasteiger partial charge in [0.05, 0.1) is 5.75 Å². The molecule has 6 nitrogen and oxygen atoms in total. The van der Waals surface area contributed by atoms with Crippen molar-refractivity contribution in [2.75, 3.05) is 6.61 Å². The van der Waals surface area contributed by atoms with E-state index in [9.17, 15) is 9.18 Å². The molecule has 106 valence electrons. The second kappa shape index (κ2) is 7.01. The summed E-state index contributed by atoms with van der Waals surface area (Å²) in [4.78, 5) is 14.8. The minimum Gasteiger partial charge on any atom is -0.480 e. The molecule has 1 N–H and O–H groups in total. The molecule has 1 aromatic heterocycles. The van der Waals surface area contributed by atoms with Gasteiger partial charge in [0.25, 0.3) is 5.89 Å². The molecule has 1 aromatic carbocycles. The summed E-state index contributed by atoms with van der Waals surface area (Å²) in [6.07, 6.45) is 0. The molecule has 0 spiro atoms. The third-order valence-electron chi connectivity index (χ3n) is 2.15. The number of carboxylic acid groups (broad SMARTS) is 1. The average Bonchev–Trinajstić information content (AvgIpc) is 2.85. The van der Waals surface area contributed by atoms with Crippen molar-refractivity contribution in [2.45, 2.75) is 17.3 Å². The van der Waals surface area contributed by atoms with Gasteiger partial charge < -0.3 is 14.4 Å². The predicted octanol–water partition coefficient (Wildman–Crippen LogP) is 2.10. The molecule has 2 rings (SSSR count). The van der Waals surface area contributed by atoms with Crippen LogP contribution in [0.4, 0.5) is 4.39 Å². The Hall–Kier alpha value is -1.93. The molecule has 0 unspecified atom stereocenters. The molecular weight excluding hydrogens is 287 g/mol. The van der Waals surface area contributed by atoms with Crippen LogP contribution in [0.3, 0.4) is 0 Å². The lowest BCUT2D eigenvalue weighted by molar-refractivity contribution is -0.142. The Morgan fingerprint density at radius 1 is 1.45 bits per heavy atom. The number of thioether (sulfide) groups is 1. The van der Waals surface area contributed by atoms with Gasteiger partial charge in [0.1, 0.15) is 19.0 Å². The summed E-state index contributed by atoms with van der Waals surface area (Å²) in [6, 6.07) is 6.40. The predicted molar refractivity (Wildman–Crippen MR) is 67.6 cm³/mol. The van der Waals surface area contributed by atoms with Crippen LogP contribution in [-0.4, -0.2) is 27.8 Å². The largest absolute Gasteiger partial charge is 0.480 e. The number of aromatic nitrogens is 2. The van der Waals surface area contributed by atoms with Gasteiger partial charge in [-0.05, 0) is 12.1 Å². The summed E-state index contributed by atoms with van der Waals surface area (Å²) < 4.78 is 23.1. The van der Waals surface area contributed by atoms with E-state index in [-0.39, 0.29) is 18.3 Å². The minimum absolute atomic E-state index is 0.0658. The number of rotatable bonds is 7. The fraction of sp³-hybridized carbons (Fsp3) is 0.250. The first kappa shape index (κ1) is 14.5. The second-order valence-corrected chi connectivity index (χ2v) is 4.73. The number of carbonyl (C=O) groups is 1. The van der Waals surface area contributed by atoms with Crippen LogP contribution < -0.4 is 0 Å². The van der Waals surface area contributed by atoms with Crippen molar-refractivity contribution in [3.63, 3.8) is 0 Å². The van der Waals surface area contributed by atoms with Crippen LogP contribution in [0.2, 0.25) is 0 Å². The molecule has 0 atom stereocenters. The minimum atomic E-state index is -1.07. The fourth-order valence-corrected chi connectivity index (χ4v) is 2.12. The molecule has 20 heavy (non-hydrogen) atoms. The molecule has 1 heterocycles. The van der Waals surface area contributed by atoms with Crippen LogP contribution in [0.15, 0.2) is 33.7 Å². The van der Waals surface area contributed by atoms with Gasteiger partial charge in [-0.15, -0.1) is 11.8 Å². The SMILES string of the molecule is O=C(O)COCc1nc(CSc2ccccc2F)no1. The fourth-order valence-electron chi connectivity index (χ4n) is 1.34. The Morgan fingerprint density at radius 2 is 2.25 bits per heavy atom. The van der Waals surface area contributed by atoms with Gasteiger partial charge in [0, 0.05) is 4.90 Å². The summed E-state index contributed by atoms with van der Waals surface area (Å²) in [6.45, 7) is -0.495. The van der Waals surface area contributed by atoms with Crippen LogP contribution in [0, 0.1) is 5.82 Å². The molecule has 0 radical (unpaired) electrons. The third kappa shape index (κ3) is 4.32. The maximum atomic E-state index is 13.4. The van der Waals surface area contributed by atoms with Crippen molar-refractivity contribution in [1.29, 1.82) is 0 Å². The molecule has 2 aromatic rings. The van der Waals surface area contributed by atoms with Crippen molar-refractivity contribution in [1.82, 2.24) is 10.1 Å². The van der Waals surface area contributed by atoms with Gasteiger partial charge in [0.15, 0.2) is 5.82 Å². The van der Waals surface area contributed by atoms with E-state index in [1.54, 1.807) is 18.2 Å². The standard InChI is InChI=1S/C12H11FN2O4S/c13-8-3-1-2-4-9(8)20-7-10-14-11(19-15-10)5-18-6-12(16)17/h1-4H,5-7H2,(H,16,17). The van der Waals surface area contributed by atoms with E-state index in [1.165, 1.54) is 17.8 Å². The van der Waals surface area contributed by atoms with Crippen molar-refractivity contribution in [2.24, 2.45) is 0 Å².